The highest BCUT2D eigenvalue weighted by molar-refractivity contribution is 6.02. The maximum Gasteiger partial charge on any atom is 0.240 e. The van der Waals surface area contributed by atoms with Gasteiger partial charge in [0.1, 0.15) is 6.54 Å². The number of anilines is 1. The number of para-hydroxylation sites is 1. The molecule has 0 aromatic heterocycles. The third-order valence-corrected chi connectivity index (χ3v) is 4.28. The third kappa shape index (κ3) is 3.93. The van der Waals surface area contributed by atoms with Crippen molar-refractivity contribution < 1.29 is 14.4 Å². The molecule has 1 aromatic rings. The van der Waals surface area contributed by atoms with E-state index in [1.165, 1.54) is 9.80 Å². The minimum atomic E-state index is -0.260. The Morgan fingerprint density at radius 3 is 2.58 bits per heavy atom. The van der Waals surface area contributed by atoms with E-state index in [4.69, 9.17) is 0 Å². The van der Waals surface area contributed by atoms with Crippen molar-refractivity contribution in [2.24, 2.45) is 0 Å². The lowest BCUT2D eigenvalue weighted by Crippen LogP contribution is -2.47. The molecule has 130 valence electrons. The lowest BCUT2D eigenvalue weighted by molar-refractivity contribution is -0.129. The molecule has 1 N–H and O–H groups in total. The van der Waals surface area contributed by atoms with Crippen molar-refractivity contribution in [2.45, 2.75) is 32.1 Å². The fourth-order valence-corrected chi connectivity index (χ4v) is 2.89. The molecule has 1 heterocycles. The zero-order chi connectivity index (χ0) is 17.9. The molecule has 0 radical (unpaired) electrons. The van der Waals surface area contributed by atoms with Crippen LogP contribution in [0.15, 0.2) is 24.3 Å². The number of rotatable bonds is 5. The Bertz CT molecular complexity index is 653. The second-order valence-electron chi connectivity index (χ2n) is 6.95. The van der Waals surface area contributed by atoms with Crippen LogP contribution in [0.3, 0.4) is 0 Å². The molecule has 6 nitrogen and oxygen atoms in total. The molecule has 2 rings (SSSR count). The Balaban J connectivity index is 2.03. The molecule has 0 saturated carbocycles. The van der Waals surface area contributed by atoms with Gasteiger partial charge in [0.2, 0.25) is 17.7 Å². The molecule has 0 saturated heterocycles. The van der Waals surface area contributed by atoms with Crippen molar-refractivity contribution in [3.8, 4) is 0 Å². The number of benzene rings is 1. The first kappa shape index (κ1) is 18.0. The number of amides is 3. The average molecular weight is 331 g/mol. The molecular formula is C18H25N3O3. The fourth-order valence-electron chi connectivity index (χ4n) is 2.89. The predicted molar refractivity (Wildman–Crippen MR) is 92.8 cm³/mol. The molecule has 1 aliphatic heterocycles. The van der Waals surface area contributed by atoms with Gasteiger partial charge in [-0.2, -0.15) is 0 Å². The van der Waals surface area contributed by atoms with Crippen LogP contribution in [0.4, 0.5) is 5.69 Å². The van der Waals surface area contributed by atoms with E-state index < -0.39 is 0 Å². The summed E-state index contributed by atoms with van der Waals surface area (Å²) < 4.78 is 0. The van der Waals surface area contributed by atoms with Crippen molar-refractivity contribution in [3.05, 3.63) is 29.8 Å². The lowest BCUT2D eigenvalue weighted by atomic mass is 9.77. The van der Waals surface area contributed by atoms with E-state index >= 15 is 0 Å². The first-order chi connectivity index (χ1) is 11.2. The Morgan fingerprint density at radius 1 is 1.25 bits per heavy atom. The van der Waals surface area contributed by atoms with E-state index in [9.17, 15) is 14.4 Å². The number of fused-ring (bicyclic) bond motifs is 1. The first-order valence-electron chi connectivity index (χ1n) is 8.09. The Kier molecular flexibility index (Phi) is 5.26. The monoisotopic (exact) mass is 331 g/mol. The molecule has 24 heavy (non-hydrogen) atoms. The number of nitrogens with zero attached hydrogens (tertiary/aromatic N) is 2. The van der Waals surface area contributed by atoms with Gasteiger partial charge in [-0.15, -0.1) is 0 Å². The predicted octanol–water partition coefficient (Wildman–Crippen LogP) is 1.30. The van der Waals surface area contributed by atoms with Crippen LogP contribution in [0.2, 0.25) is 0 Å². The Hall–Kier alpha value is -2.37. The summed E-state index contributed by atoms with van der Waals surface area (Å²) in [6.45, 7) is 4.31. The number of carbonyl (C=O) groups is 3. The Labute approximate surface area is 142 Å². The van der Waals surface area contributed by atoms with Gasteiger partial charge in [-0.1, -0.05) is 32.0 Å². The first-order valence-corrected chi connectivity index (χ1v) is 8.09. The molecule has 0 spiro atoms. The fraction of sp³-hybridized carbons (Fsp3) is 0.500. The number of carbonyl (C=O) groups excluding carboxylic acids is 3. The van der Waals surface area contributed by atoms with Crippen molar-refractivity contribution in [1.82, 2.24) is 10.2 Å². The molecule has 0 bridgehead atoms. The summed E-state index contributed by atoms with van der Waals surface area (Å²) in [6, 6.07) is 7.69. The molecule has 6 heteroatoms. The van der Waals surface area contributed by atoms with Gasteiger partial charge in [0, 0.05) is 44.6 Å². The van der Waals surface area contributed by atoms with Gasteiger partial charge in [0.05, 0.1) is 0 Å². The van der Waals surface area contributed by atoms with Crippen LogP contribution < -0.4 is 10.2 Å². The van der Waals surface area contributed by atoms with Crippen molar-refractivity contribution in [2.75, 3.05) is 32.1 Å². The highest BCUT2D eigenvalue weighted by Gasteiger charge is 2.36. The molecule has 3 amide bonds. The normalized spacial score (nSPS) is 15.7. The van der Waals surface area contributed by atoms with Gasteiger partial charge in [-0.25, -0.2) is 0 Å². The van der Waals surface area contributed by atoms with Gasteiger partial charge in [0.15, 0.2) is 0 Å². The van der Waals surface area contributed by atoms with E-state index in [0.29, 0.717) is 6.42 Å². The smallest absolute Gasteiger partial charge is 0.240 e. The molecule has 0 aliphatic carbocycles. The largest absolute Gasteiger partial charge is 0.354 e. The van der Waals surface area contributed by atoms with E-state index in [-0.39, 0.29) is 42.6 Å². The third-order valence-electron chi connectivity index (χ3n) is 4.28. The van der Waals surface area contributed by atoms with E-state index in [1.54, 1.807) is 14.1 Å². The topological polar surface area (TPSA) is 69.7 Å². The molecular weight excluding hydrogens is 306 g/mol. The molecule has 1 aromatic carbocycles. The van der Waals surface area contributed by atoms with Crippen molar-refractivity contribution >= 4 is 23.4 Å². The second-order valence-corrected chi connectivity index (χ2v) is 6.95. The van der Waals surface area contributed by atoms with Gasteiger partial charge in [0.25, 0.3) is 0 Å². The summed E-state index contributed by atoms with van der Waals surface area (Å²) in [5.41, 5.74) is 1.62. The van der Waals surface area contributed by atoms with Gasteiger partial charge in [-0.05, 0) is 11.6 Å². The Morgan fingerprint density at radius 2 is 1.92 bits per heavy atom. The van der Waals surface area contributed by atoms with E-state index in [0.717, 1.165) is 11.3 Å². The second kappa shape index (κ2) is 7.03. The zero-order valence-corrected chi connectivity index (χ0v) is 14.8. The maximum atomic E-state index is 12.5. The van der Waals surface area contributed by atoms with Crippen LogP contribution >= 0.6 is 0 Å². The SMILES string of the molecule is CN(C)C(=O)CCNC(=O)CN1C(=O)CC(C)(C)c2ccccc21. The summed E-state index contributed by atoms with van der Waals surface area (Å²) >= 11 is 0. The summed E-state index contributed by atoms with van der Waals surface area (Å²) in [4.78, 5) is 39.1. The lowest BCUT2D eigenvalue weighted by Gasteiger charge is -2.38. The number of hydrogen-bond donors (Lipinski definition) is 1. The minimum Gasteiger partial charge on any atom is -0.354 e. The summed E-state index contributed by atoms with van der Waals surface area (Å²) in [5.74, 6) is -0.362. The van der Waals surface area contributed by atoms with E-state index in [1.807, 2.05) is 38.1 Å². The molecule has 0 fully saturated rings. The van der Waals surface area contributed by atoms with Crippen LogP contribution in [0, 0.1) is 0 Å². The number of nitrogens with one attached hydrogen (secondary N) is 1. The zero-order valence-electron chi connectivity index (χ0n) is 14.8. The van der Waals surface area contributed by atoms with Crippen molar-refractivity contribution in [1.29, 1.82) is 0 Å². The summed E-state index contributed by atoms with van der Waals surface area (Å²) in [7, 11) is 3.35. The number of hydrogen-bond acceptors (Lipinski definition) is 3. The summed E-state index contributed by atoms with van der Waals surface area (Å²) in [5, 5.41) is 2.71. The molecule has 0 unspecified atom stereocenters. The van der Waals surface area contributed by atoms with Gasteiger partial charge in [-0.3, -0.25) is 14.4 Å². The highest BCUT2D eigenvalue weighted by Crippen LogP contribution is 2.39. The van der Waals surface area contributed by atoms with Crippen molar-refractivity contribution in [3.63, 3.8) is 0 Å². The van der Waals surface area contributed by atoms with E-state index in [2.05, 4.69) is 5.32 Å². The van der Waals surface area contributed by atoms with Crippen LogP contribution in [-0.4, -0.2) is 49.8 Å². The van der Waals surface area contributed by atoms with Gasteiger partial charge < -0.3 is 15.1 Å². The quantitative estimate of drug-likeness (QED) is 0.884. The standard InChI is InChI=1S/C18H25N3O3/c1-18(2)11-17(24)21(14-8-6-5-7-13(14)18)12-15(22)19-10-9-16(23)20(3)4/h5-8H,9-12H2,1-4H3,(H,19,22). The van der Waals surface area contributed by atoms with Crippen LogP contribution in [0.5, 0.6) is 0 Å². The van der Waals surface area contributed by atoms with Gasteiger partial charge >= 0.3 is 0 Å². The van der Waals surface area contributed by atoms with Crippen LogP contribution in [0.25, 0.3) is 0 Å². The van der Waals surface area contributed by atoms with Crippen LogP contribution in [-0.2, 0) is 19.8 Å². The molecule has 1 aliphatic rings. The van der Waals surface area contributed by atoms with Crippen LogP contribution in [0.1, 0.15) is 32.3 Å². The molecule has 0 atom stereocenters. The highest BCUT2D eigenvalue weighted by atomic mass is 16.2. The summed E-state index contributed by atoms with van der Waals surface area (Å²) in [6.07, 6.45) is 0.618. The average Bonchev–Trinajstić information content (AvgIpc) is 2.51. The minimum absolute atomic E-state index is 0.0257. The maximum absolute atomic E-state index is 12.5.